The van der Waals surface area contributed by atoms with Crippen molar-refractivity contribution in [3.63, 3.8) is 0 Å². The molecular weight excluding hydrogens is 318 g/mol. The van der Waals surface area contributed by atoms with Gasteiger partial charge in [0.15, 0.2) is 6.61 Å². The van der Waals surface area contributed by atoms with E-state index in [-0.39, 0.29) is 16.9 Å². The maximum atomic E-state index is 12.1. The Bertz CT molecular complexity index is 762. The molecule has 1 aliphatic rings. The lowest BCUT2D eigenvalue weighted by atomic mass is 10.1. The minimum absolute atomic E-state index is 0.264. The standard InChI is InChI=1S/C16H11NO5S/c18-12(13-6-3-7-23-13)9-22-14(19)8-17-15(20)10-4-1-2-5-11(10)16(17)21/h1-7H,8-9H2. The number of ketones is 1. The van der Waals surface area contributed by atoms with E-state index in [4.69, 9.17) is 4.74 Å². The third-order valence-corrected chi connectivity index (χ3v) is 4.24. The van der Waals surface area contributed by atoms with Crippen LogP contribution in [-0.2, 0) is 9.53 Å². The first-order valence-corrected chi connectivity index (χ1v) is 7.63. The molecule has 0 unspecified atom stereocenters. The van der Waals surface area contributed by atoms with Gasteiger partial charge in [0.2, 0.25) is 5.78 Å². The number of carbonyl (C=O) groups is 4. The number of nitrogens with zero attached hydrogens (tertiary/aromatic N) is 1. The number of hydrogen-bond acceptors (Lipinski definition) is 6. The molecule has 116 valence electrons. The first-order valence-electron chi connectivity index (χ1n) is 6.75. The second-order valence-electron chi connectivity index (χ2n) is 4.80. The van der Waals surface area contributed by atoms with E-state index in [9.17, 15) is 19.2 Å². The molecule has 0 N–H and O–H groups in total. The minimum atomic E-state index is -0.801. The number of imide groups is 1. The lowest BCUT2D eigenvalue weighted by molar-refractivity contribution is -0.142. The molecule has 1 aromatic heterocycles. The predicted molar refractivity (Wildman–Crippen MR) is 81.4 cm³/mol. The van der Waals surface area contributed by atoms with Crippen LogP contribution >= 0.6 is 11.3 Å². The smallest absolute Gasteiger partial charge is 0.326 e. The van der Waals surface area contributed by atoms with E-state index in [1.165, 1.54) is 23.5 Å². The summed E-state index contributed by atoms with van der Waals surface area (Å²) in [6.45, 7) is -0.924. The quantitative estimate of drug-likeness (QED) is 0.474. The second kappa shape index (κ2) is 6.13. The molecule has 0 atom stereocenters. The number of ether oxygens (including phenoxy) is 1. The maximum Gasteiger partial charge on any atom is 0.326 e. The van der Waals surface area contributed by atoms with Crippen molar-refractivity contribution in [2.75, 3.05) is 13.2 Å². The fourth-order valence-electron chi connectivity index (χ4n) is 2.21. The van der Waals surface area contributed by atoms with Crippen LogP contribution in [-0.4, -0.2) is 41.6 Å². The normalized spacial score (nSPS) is 13.1. The van der Waals surface area contributed by atoms with E-state index >= 15 is 0 Å². The molecule has 1 aliphatic heterocycles. The summed E-state index contributed by atoms with van der Waals surface area (Å²) in [5.74, 6) is -2.20. The summed E-state index contributed by atoms with van der Waals surface area (Å²) in [6, 6.07) is 9.70. The van der Waals surface area contributed by atoms with Gasteiger partial charge in [0.25, 0.3) is 11.8 Å². The zero-order chi connectivity index (χ0) is 16.4. The van der Waals surface area contributed by atoms with Gasteiger partial charge < -0.3 is 4.74 Å². The summed E-state index contributed by atoms with van der Waals surface area (Å²) in [5, 5.41) is 1.74. The van der Waals surface area contributed by atoms with Crippen molar-refractivity contribution in [2.24, 2.45) is 0 Å². The van der Waals surface area contributed by atoms with Crippen LogP contribution in [0.15, 0.2) is 41.8 Å². The van der Waals surface area contributed by atoms with Crippen molar-refractivity contribution in [1.29, 1.82) is 0 Å². The average Bonchev–Trinajstić information content (AvgIpc) is 3.17. The maximum absolute atomic E-state index is 12.1. The van der Waals surface area contributed by atoms with Crippen molar-refractivity contribution in [3.8, 4) is 0 Å². The van der Waals surface area contributed by atoms with Gasteiger partial charge in [-0.05, 0) is 23.6 Å². The van der Waals surface area contributed by atoms with E-state index in [2.05, 4.69) is 0 Å². The van der Waals surface area contributed by atoms with E-state index in [1.807, 2.05) is 0 Å². The molecule has 0 fully saturated rings. The largest absolute Gasteiger partial charge is 0.456 e. The molecule has 2 amide bonds. The minimum Gasteiger partial charge on any atom is -0.456 e. The fourth-order valence-corrected chi connectivity index (χ4v) is 2.86. The Morgan fingerprint density at radius 2 is 1.65 bits per heavy atom. The third-order valence-electron chi connectivity index (χ3n) is 3.33. The lowest BCUT2D eigenvalue weighted by Gasteiger charge is -2.12. The highest BCUT2D eigenvalue weighted by molar-refractivity contribution is 7.12. The van der Waals surface area contributed by atoms with Crippen molar-refractivity contribution >= 4 is 34.9 Å². The predicted octanol–water partition coefficient (Wildman–Crippen LogP) is 1.77. The molecule has 0 bridgehead atoms. The summed E-state index contributed by atoms with van der Waals surface area (Å²) in [6.07, 6.45) is 0. The number of thiophene rings is 1. The number of benzene rings is 1. The van der Waals surface area contributed by atoms with Gasteiger partial charge in [0.1, 0.15) is 6.54 Å². The lowest BCUT2D eigenvalue weighted by Crippen LogP contribution is -2.36. The summed E-state index contributed by atoms with van der Waals surface area (Å²) in [4.78, 5) is 49.0. The Labute approximate surface area is 135 Å². The number of rotatable bonds is 5. The van der Waals surface area contributed by atoms with Gasteiger partial charge >= 0.3 is 5.97 Å². The Kier molecular flexibility index (Phi) is 4.03. The van der Waals surface area contributed by atoms with Gasteiger partial charge in [-0.3, -0.25) is 24.1 Å². The van der Waals surface area contributed by atoms with Crippen LogP contribution in [0, 0.1) is 0 Å². The molecule has 0 saturated heterocycles. The summed E-state index contributed by atoms with van der Waals surface area (Å²) < 4.78 is 4.86. The number of esters is 1. The highest BCUT2D eigenvalue weighted by Crippen LogP contribution is 2.22. The van der Waals surface area contributed by atoms with Crippen LogP contribution in [0.25, 0.3) is 0 Å². The Hall–Kier alpha value is -2.80. The van der Waals surface area contributed by atoms with Crippen molar-refractivity contribution in [2.45, 2.75) is 0 Å². The first-order chi connectivity index (χ1) is 11.1. The van der Waals surface area contributed by atoms with Gasteiger partial charge in [-0.1, -0.05) is 18.2 Å². The third kappa shape index (κ3) is 2.91. The van der Waals surface area contributed by atoms with Crippen LogP contribution in [0.1, 0.15) is 30.4 Å². The molecule has 6 nitrogen and oxygen atoms in total. The zero-order valence-electron chi connectivity index (χ0n) is 11.9. The van der Waals surface area contributed by atoms with E-state index in [0.717, 1.165) is 4.90 Å². The van der Waals surface area contributed by atoms with Gasteiger partial charge in [-0.15, -0.1) is 11.3 Å². The van der Waals surface area contributed by atoms with Gasteiger partial charge in [0, 0.05) is 0 Å². The molecule has 2 aromatic rings. The molecule has 7 heteroatoms. The van der Waals surface area contributed by atoms with Gasteiger partial charge in [-0.2, -0.15) is 0 Å². The monoisotopic (exact) mass is 329 g/mol. The molecular formula is C16H11NO5S. The van der Waals surface area contributed by atoms with Crippen molar-refractivity contribution < 1.29 is 23.9 Å². The van der Waals surface area contributed by atoms with Gasteiger partial charge in [0.05, 0.1) is 16.0 Å². The summed E-state index contributed by atoms with van der Waals surface area (Å²) in [5.41, 5.74) is 0.528. The molecule has 0 saturated carbocycles. The number of carbonyl (C=O) groups excluding carboxylic acids is 4. The van der Waals surface area contributed by atoms with Crippen LogP contribution in [0.3, 0.4) is 0 Å². The zero-order valence-corrected chi connectivity index (χ0v) is 12.7. The second-order valence-corrected chi connectivity index (χ2v) is 5.75. The summed E-state index contributed by atoms with van der Waals surface area (Å²) >= 11 is 1.25. The summed E-state index contributed by atoms with van der Waals surface area (Å²) in [7, 11) is 0. The fraction of sp³-hybridized carbons (Fsp3) is 0.125. The van der Waals surface area contributed by atoms with E-state index in [1.54, 1.807) is 29.6 Å². The molecule has 0 spiro atoms. The Morgan fingerprint density at radius 1 is 1.00 bits per heavy atom. The number of fused-ring (bicyclic) bond motifs is 1. The van der Waals surface area contributed by atoms with Crippen LogP contribution in [0.4, 0.5) is 0 Å². The first kappa shape index (κ1) is 15.1. The van der Waals surface area contributed by atoms with Crippen LogP contribution in [0.5, 0.6) is 0 Å². The van der Waals surface area contributed by atoms with Crippen molar-refractivity contribution in [3.05, 3.63) is 57.8 Å². The Balaban J connectivity index is 1.60. The van der Waals surface area contributed by atoms with Gasteiger partial charge in [-0.25, -0.2) is 0 Å². The topological polar surface area (TPSA) is 80.8 Å². The number of amides is 2. The van der Waals surface area contributed by atoms with E-state index < -0.39 is 30.9 Å². The SMILES string of the molecule is O=C(CN1C(=O)c2ccccc2C1=O)OCC(=O)c1cccs1. The molecule has 0 aliphatic carbocycles. The molecule has 3 rings (SSSR count). The number of Topliss-reactive ketones (excluding diaryl/α,β-unsaturated/α-hetero) is 1. The molecule has 0 radical (unpaired) electrons. The molecule has 2 heterocycles. The highest BCUT2D eigenvalue weighted by atomic mass is 32.1. The van der Waals surface area contributed by atoms with Crippen molar-refractivity contribution in [1.82, 2.24) is 4.90 Å². The van der Waals surface area contributed by atoms with Crippen LogP contribution < -0.4 is 0 Å². The van der Waals surface area contributed by atoms with E-state index in [0.29, 0.717) is 4.88 Å². The average molecular weight is 329 g/mol. The number of hydrogen-bond donors (Lipinski definition) is 0. The van der Waals surface area contributed by atoms with Crippen LogP contribution in [0.2, 0.25) is 0 Å². The molecule has 23 heavy (non-hydrogen) atoms. The molecule has 1 aromatic carbocycles. The Morgan fingerprint density at radius 3 is 2.22 bits per heavy atom. The highest BCUT2D eigenvalue weighted by Gasteiger charge is 2.36.